The van der Waals surface area contributed by atoms with E-state index in [-0.39, 0.29) is 11.3 Å². The van der Waals surface area contributed by atoms with Crippen LogP contribution in [-0.2, 0) is 23.2 Å². The number of nitrogens with zero attached hydrogens (tertiary/aromatic N) is 2. The summed E-state index contributed by atoms with van der Waals surface area (Å²) in [7, 11) is 0. The molecule has 1 aliphatic heterocycles. The summed E-state index contributed by atoms with van der Waals surface area (Å²) in [6.45, 7) is 7.14. The van der Waals surface area contributed by atoms with Crippen LogP contribution in [-0.4, -0.2) is 20.6 Å². The van der Waals surface area contributed by atoms with Crippen LogP contribution in [0.25, 0.3) is 0 Å². The highest BCUT2D eigenvalue weighted by Gasteiger charge is 2.27. The molecule has 1 atom stereocenters. The van der Waals surface area contributed by atoms with Crippen molar-refractivity contribution in [1.82, 2.24) is 9.55 Å². The van der Waals surface area contributed by atoms with E-state index in [4.69, 9.17) is 5.11 Å². The number of hydrogen-bond donors (Lipinski definition) is 1. The van der Waals surface area contributed by atoms with E-state index < -0.39 is 5.97 Å². The zero-order valence-electron chi connectivity index (χ0n) is 10.0. The normalized spacial score (nSPS) is 20.6. The molecule has 88 valence electrons. The van der Waals surface area contributed by atoms with Gasteiger partial charge in [-0.1, -0.05) is 20.8 Å². The van der Waals surface area contributed by atoms with Crippen LogP contribution in [0.4, 0.5) is 0 Å². The summed E-state index contributed by atoms with van der Waals surface area (Å²) in [6.07, 6.45) is 3.33. The predicted molar refractivity (Wildman–Crippen MR) is 60.4 cm³/mol. The first-order chi connectivity index (χ1) is 7.38. The van der Waals surface area contributed by atoms with Crippen LogP contribution in [0.1, 0.15) is 38.7 Å². The molecule has 0 aliphatic carbocycles. The van der Waals surface area contributed by atoms with Gasteiger partial charge in [-0.05, 0) is 6.42 Å². The van der Waals surface area contributed by atoms with Crippen molar-refractivity contribution in [2.45, 2.75) is 45.6 Å². The van der Waals surface area contributed by atoms with Gasteiger partial charge in [0.15, 0.2) is 0 Å². The second-order valence-corrected chi connectivity index (χ2v) is 5.51. The fourth-order valence-electron chi connectivity index (χ4n) is 2.00. The van der Waals surface area contributed by atoms with Gasteiger partial charge in [0.2, 0.25) is 0 Å². The number of carboxylic acid groups (broad SMARTS) is 1. The molecule has 1 aliphatic rings. The molecule has 0 saturated carbocycles. The van der Waals surface area contributed by atoms with Crippen molar-refractivity contribution in [3.8, 4) is 0 Å². The second-order valence-electron chi connectivity index (χ2n) is 5.51. The lowest BCUT2D eigenvalue weighted by Gasteiger charge is -2.19. The molecule has 0 radical (unpaired) electrons. The Morgan fingerprint density at radius 3 is 2.81 bits per heavy atom. The molecule has 0 amide bonds. The van der Waals surface area contributed by atoms with Crippen molar-refractivity contribution in [3.63, 3.8) is 0 Å². The Balaban J connectivity index is 2.27. The van der Waals surface area contributed by atoms with Crippen LogP contribution in [0, 0.1) is 5.92 Å². The summed E-state index contributed by atoms with van der Waals surface area (Å²) in [4.78, 5) is 15.5. The summed E-state index contributed by atoms with van der Waals surface area (Å²) in [6, 6.07) is 0. The van der Waals surface area contributed by atoms with Gasteiger partial charge >= 0.3 is 5.97 Å². The van der Waals surface area contributed by atoms with E-state index in [0.29, 0.717) is 12.8 Å². The molecular weight excluding hydrogens is 204 g/mol. The zero-order chi connectivity index (χ0) is 11.9. The second kappa shape index (κ2) is 3.61. The van der Waals surface area contributed by atoms with Gasteiger partial charge in [0.1, 0.15) is 5.82 Å². The standard InChI is InChI=1S/C12H18N2O2/c1-12(2,3)9-7-14-5-4-8(11(15)16)6-10(14)13-9/h7-8H,4-6H2,1-3H3,(H,15,16)/t8-/m1/s1. The lowest BCUT2D eigenvalue weighted by molar-refractivity contribution is -0.142. The monoisotopic (exact) mass is 222 g/mol. The number of aromatic nitrogens is 2. The molecule has 2 heterocycles. The number of carbonyl (C=O) groups is 1. The van der Waals surface area contributed by atoms with Crippen LogP contribution >= 0.6 is 0 Å². The van der Waals surface area contributed by atoms with Crippen LogP contribution < -0.4 is 0 Å². The van der Waals surface area contributed by atoms with Crippen molar-refractivity contribution in [1.29, 1.82) is 0 Å². The summed E-state index contributed by atoms with van der Waals surface area (Å²) in [5, 5.41) is 8.99. The maximum Gasteiger partial charge on any atom is 0.307 e. The van der Waals surface area contributed by atoms with Gasteiger partial charge < -0.3 is 9.67 Å². The number of hydrogen-bond acceptors (Lipinski definition) is 2. The number of aryl methyl sites for hydroxylation is 1. The maximum atomic E-state index is 10.9. The highest BCUT2D eigenvalue weighted by Crippen LogP contribution is 2.26. The third-order valence-electron chi connectivity index (χ3n) is 3.12. The van der Waals surface area contributed by atoms with E-state index in [2.05, 4.69) is 36.5 Å². The first kappa shape index (κ1) is 11.2. The van der Waals surface area contributed by atoms with Crippen LogP contribution in [0.5, 0.6) is 0 Å². The van der Waals surface area contributed by atoms with Gasteiger partial charge in [-0.3, -0.25) is 4.79 Å². The Bertz CT molecular complexity index is 415. The molecular formula is C12H18N2O2. The SMILES string of the molecule is CC(C)(C)c1cn2c(n1)C[C@H](C(=O)O)CC2. The molecule has 1 aromatic rings. The Morgan fingerprint density at radius 1 is 1.56 bits per heavy atom. The summed E-state index contributed by atoms with van der Waals surface area (Å²) in [5.41, 5.74) is 1.08. The lowest BCUT2D eigenvalue weighted by atomic mass is 9.93. The maximum absolute atomic E-state index is 10.9. The largest absolute Gasteiger partial charge is 0.481 e. The molecule has 1 aromatic heterocycles. The van der Waals surface area contributed by atoms with Crippen molar-refractivity contribution in [2.24, 2.45) is 5.92 Å². The summed E-state index contributed by atoms with van der Waals surface area (Å²) < 4.78 is 2.10. The molecule has 16 heavy (non-hydrogen) atoms. The molecule has 0 unspecified atom stereocenters. The Morgan fingerprint density at radius 2 is 2.25 bits per heavy atom. The van der Waals surface area contributed by atoms with Gasteiger partial charge in [0, 0.05) is 24.6 Å². The number of carboxylic acids is 1. The first-order valence-electron chi connectivity index (χ1n) is 5.67. The molecule has 4 heteroatoms. The number of aliphatic carboxylic acids is 1. The molecule has 1 N–H and O–H groups in total. The molecule has 0 bridgehead atoms. The van der Waals surface area contributed by atoms with E-state index >= 15 is 0 Å². The van der Waals surface area contributed by atoms with Crippen molar-refractivity contribution in [3.05, 3.63) is 17.7 Å². The van der Waals surface area contributed by atoms with Gasteiger partial charge in [0.25, 0.3) is 0 Å². The van der Waals surface area contributed by atoms with Crippen LogP contribution in [0.2, 0.25) is 0 Å². The molecule has 0 aromatic carbocycles. The number of fused-ring (bicyclic) bond motifs is 1. The Labute approximate surface area is 95.3 Å². The van der Waals surface area contributed by atoms with Gasteiger partial charge in [0.05, 0.1) is 11.6 Å². The van der Waals surface area contributed by atoms with E-state index in [1.165, 1.54) is 0 Å². The molecule has 4 nitrogen and oxygen atoms in total. The van der Waals surface area contributed by atoms with E-state index in [0.717, 1.165) is 18.1 Å². The average molecular weight is 222 g/mol. The fourth-order valence-corrected chi connectivity index (χ4v) is 2.00. The quantitative estimate of drug-likeness (QED) is 0.788. The smallest absolute Gasteiger partial charge is 0.307 e. The molecule has 0 fully saturated rings. The summed E-state index contributed by atoms with van der Waals surface area (Å²) in [5.74, 6) is -0.0437. The number of imidazole rings is 1. The van der Waals surface area contributed by atoms with Gasteiger partial charge in [-0.2, -0.15) is 0 Å². The fraction of sp³-hybridized carbons (Fsp3) is 0.667. The van der Waals surface area contributed by atoms with Crippen molar-refractivity contribution >= 4 is 5.97 Å². The topological polar surface area (TPSA) is 55.1 Å². The highest BCUT2D eigenvalue weighted by atomic mass is 16.4. The first-order valence-corrected chi connectivity index (χ1v) is 5.67. The number of rotatable bonds is 1. The summed E-state index contributed by atoms with van der Waals surface area (Å²) >= 11 is 0. The lowest BCUT2D eigenvalue weighted by Crippen LogP contribution is -2.25. The minimum absolute atomic E-state index is 0.0308. The molecule has 0 spiro atoms. The van der Waals surface area contributed by atoms with Crippen molar-refractivity contribution < 1.29 is 9.90 Å². The van der Waals surface area contributed by atoms with Crippen molar-refractivity contribution in [2.75, 3.05) is 0 Å². The average Bonchev–Trinajstić information content (AvgIpc) is 2.58. The third kappa shape index (κ3) is 1.96. The minimum atomic E-state index is -0.702. The third-order valence-corrected chi connectivity index (χ3v) is 3.12. The van der Waals surface area contributed by atoms with Crippen LogP contribution in [0.3, 0.4) is 0 Å². The molecule has 2 rings (SSSR count). The van der Waals surface area contributed by atoms with E-state index in [9.17, 15) is 4.79 Å². The Hall–Kier alpha value is -1.32. The van der Waals surface area contributed by atoms with Crippen LogP contribution in [0.15, 0.2) is 6.20 Å². The highest BCUT2D eigenvalue weighted by molar-refractivity contribution is 5.70. The van der Waals surface area contributed by atoms with Gasteiger partial charge in [-0.25, -0.2) is 4.98 Å². The van der Waals surface area contributed by atoms with Gasteiger partial charge in [-0.15, -0.1) is 0 Å². The van der Waals surface area contributed by atoms with E-state index in [1.54, 1.807) is 0 Å². The molecule has 0 saturated heterocycles. The Kier molecular flexibility index (Phi) is 2.52. The minimum Gasteiger partial charge on any atom is -0.481 e. The van der Waals surface area contributed by atoms with E-state index in [1.807, 2.05) is 0 Å². The zero-order valence-corrected chi connectivity index (χ0v) is 10.0. The predicted octanol–water partition coefficient (Wildman–Crippen LogP) is 1.83.